The normalized spacial score (nSPS) is 15.7. The van der Waals surface area contributed by atoms with Gasteiger partial charge >= 0.3 is 12.0 Å². The molecule has 1 aromatic heterocycles. The SMILES string of the molecule is O=C(O)C(CCO)NC(=O)N1CCn2ccnc2C1. The molecule has 2 heterocycles. The lowest BCUT2D eigenvalue weighted by molar-refractivity contribution is -0.139. The molecule has 0 spiro atoms. The molecule has 8 heteroatoms. The van der Waals surface area contributed by atoms with Crippen molar-refractivity contribution in [3.05, 3.63) is 18.2 Å². The molecule has 0 saturated carbocycles. The highest BCUT2D eigenvalue weighted by Crippen LogP contribution is 2.10. The predicted octanol–water partition coefficient (Wildman–Crippen LogP) is -0.756. The minimum absolute atomic E-state index is 0.0104. The van der Waals surface area contributed by atoms with Crippen molar-refractivity contribution < 1.29 is 19.8 Å². The van der Waals surface area contributed by atoms with Gasteiger partial charge in [-0.3, -0.25) is 0 Å². The van der Waals surface area contributed by atoms with E-state index in [2.05, 4.69) is 10.3 Å². The van der Waals surface area contributed by atoms with Crippen LogP contribution in [0.2, 0.25) is 0 Å². The summed E-state index contributed by atoms with van der Waals surface area (Å²) < 4.78 is 1.95. The Morgan fingerprint density at radius 1 is 1.47 bits per heavy atom. The molecule has 0 aromatic carbocycles. The fraction of sp³-hybridized carbons (Fsp3) is 0.545. The first-order valence-electron chi connectivity index (χ1n) is 6.01. The lowest BCUT2D eigenvalue weighted by Gasteiger charge is -2.28. The summed E-state index contributed by atoms with van der Waals surface area (Å²) in [7, 11) is 0. The minimum atomic E-state index is -1.15. The summed E-state index contributed by atoms with van der Waals surface area (Å²) in [6, 6.07) is -1.52. The van der Waals surface area contributed by atoms with Crippen LogP contribution in [0.25, 0.3) is 0 Å². The van der Waals surface area contributed by atoms with E-state index in [9.17, 15) is 9.59 Å². The molecular weight excluding hydrogens is 252 g/mol. The molecule has 1 aliphatic rings. The summed E-state index contributed by atoms with van der Waals surface area (Å²) in [5, 5.41) is 20.1. The van der Waals surface area contributed by atoms with E-state index in [0.717, 1.165) is 5.82 Å². The Morgan fingerprint density at radius 3 is 2.95 bits per heavy atom. The maximum atomic E-state index is 12.0. The second kappa shape index (κ2) is 5.70. The van der Waals surface area contributed by atoms with Gasteiger partial charge < -0.3 is 25.0 Å². The highest BCUT2D eigenvalue weighted by atomic mass is 16.4. The molecule has 0 radical (unpaired) electrons. The van der Waals surface area contributed by atoms with Crippen LogP contribution >= 0.6 is 0 Å². The number of aromatic nitrogens is 2. The minimum Gasteiger partial charge on any atom is -0.480 e. The van der Waals surface area contributed by atoms with Gasteiger partial charge in [0, 0.05) is 38.5 Å². The van der Waals surface area contributed by atoms with Gasteiger partial charge in [-0.2, -0.15) is 0 Å². The number of nitrogens with one attached hydrogen (secondary N) is 1. The molecule has 0 saturated heterocycles. The summed E-state index contributed by atoms with van der Waals surface area (Å²) >= 11 is 0. The number of aliphatic hydroxyl groups is 1. The molecule has 104 valence electrons. The average molecular weight is 268 g/mol. The maximum absolute atomic E-state index is 12.0. The molecular formula is C11H16N4O4. The van der Waals surface area contributed by atoms with Crippen molar-refractivity contribution in [1.29, 1.82) is 0 Å². The van der Waals surface area contributed by atoms with E-state index in [1.807, 2.05) is 10.8 Å². The number of amides is 2. The van der Waals surface area contributed by atoms with Gasteiger partial charge in [0.05, 0.1) is 6.54 Å². The van der Waals surface area contributed by atoms with Gasteiger partial charge in [-0.05, 0) is 0 Å². The predicted molar refractivity (Wildman–Crippen MR) is 64.3 cm³/mol. The van der Waals surface area contributed by atoms with E-state index in [1.54, 1.807) is 6.20 Å². The van der Waals surface area contributed by atoms with Gasteiger partial charge in [-0.25, -0.2) is 14.6 Å². The van der Waals surface area contributed by atoms with E-state index >= 15 is 0 Å². The Balaban J connectivity index is 1.95. The number of imidazole rings is 1. The molecule has 0 fully saturated rings. The lowest BCUT2D eigenvalue weighted by atomic mass is 10.2. The van der Waals surface area contributed by atoms with Crippen molar-refractivity contribution in [3.8, 4) is 0 Å². The van der Waals surface area contributed by atoms with Gasteiger partial charge in [0.1, 0.15) is 11.9 Å². The summed E-state index contributed by atoms with van der Waals surface area (Å²) in [5.74, 6) is -0.378. The molecule has 19 heavy (non-hydrogen) atoms. The summed E-state index contributed by atoms with van der Waals surface area (Å²) in [4.78, 5) is 28.5. The number of urea groups is 1. The van der Waals surface area contributed by atoms with Crippen LogP contribution in [-0.2, 0) is 17.9 Å². The van der Waals surface area contributed by atoms with Crippen LogP contribution in [0.5, 0.6) is 0 Å². The molecule has 0 aliphatic carbocycles. The van der Waals surface area contributed by atoms with Crippen molar-refractivity contribution in [2.24, 2.45) is 0 Å². The number of hydrogen-bond acceptors (Lipinski definition) is 4. The van der Waals surface area contributed by atoms with Crippen molar-refractivity contribution in [2.75, 3.05) is 13.2 Å². The van der Waals surface area contributed by atoms with E-state index in [4.69, 9.17) is 10.2 Å². The molecule has 0 bridgehead atoms. The molecule has 3 N–H and O–H groups in total. The molecule has 2 rings (SSSR count). The van der Waals surface area contributed by atoms with Gasteiger partial charge in [0.15, 0.2) is 0 Å². The van der Waals surface area contributed by atoms with Gasteiger partial charge in [0.25, 0.3) is 0 Å². The average Bonchev–Trinajstić information content (AvgIpc) is 2.85. The second-order valence-corrected chi connectivity index (χ2v) is 4.31. The monoisotopic (exact) mass is 268 g/mol. The molecule has 8 nitrogen and oxygen atoms in total. The van der Waals surface area contributed by atoms with E-state index < -0.39 is 18.0 Å². The number of carbonyl (C=O) groups is 2. The van der Waals surface area contributed by atoms with Crippen molar-refractivity contribution in [3.63, 3.8) is 0 Å². The Labute approximate surface area is 109 Å². The lowest BCUT2D eigenvalue weighted by Crippen LogP contribution is -2.50. The van der Waals surface area contributed by atoms with Gasteiger partial charge in [0.2, 0.25) is 0 Å². The topological polar surface area (TPSA) is 108 Å². The Morgan fingerprint density at radius 2 is 2.26 bits per heavy atom. The number of carboxylic acid groups (broad SMARTS) is 1. The van der Waals surface area contributed by atoms with E-state index in [0.29, 0.717) is 19.6 Å². The molecule has 1 atom stereocenters. The number of fused-ring (bicyclic) bond motifs is 1. The first kappa shape index (κ1) is 13.3. The quantitative estimate of drug-likeness (QED) is 0.665. The van der Waals surface area contributed by atoms with E-state index in [1.165, 1.54) is 4.90 Å². The standard InChI is InChI=1S/C11H16N4O4/c16-6-1-8(10(17)18)13-11(19)15-5-4-14-3-2-12-9(14)7-15/h2-3,8,16H,1,4-7H2,(H,13,19)(H,17,18). The van der Waals surface area contributed by atoms with Crippen LogP contribution in [0.4, 0.5) is 4.79 Å². The Bertz CT molecular complexity index is 473. The highest BCUT2D eigenvalue weighted by molar-refractivity contribution is 5.82. The van der Waals surface area contributed by atoms with Gasteiger partial charge in [-0.1, -0.05) is 0 Å². The van der Waals surface area contributed by atoms with Crippen molar-refractivity contribution in [2.45, 2.75) is 25.6 Å². The molecule has 2 amide bonds. The number of carbonyl (C=O) groups excluding carboxylic acids is 1. The molecule has 1 aromatic rings. The number of nitrogens with zero attached hydrogens (tertiary/aromatic N) is 3. The molecule has 1 unspecified atom stereocenters. The van der Waals surface area contributed by atoms with Crippen LogP contribution in [-0.4, -0.2) is 55.9 Å². The number of hydrogen-bond donors (Lipinski definition) is 3. The third-order valence-electron chi connectivity index (χ3n) is 3.05. The van der Waals surface area contributed by atoms with E-state index in [-0.39, 0.29) is 13.0 Å². The van der Waals surface area contributed by atoms with Gasteiger partial charge in [-0.15, -0.1) is 0 Å². The third kappa shape index (κ3) is 3.02. The van der Waals surface area contributed by atoms with Crippen LogP contribution in [0.3, 0.4) is 0 Å². The van der Waals surface area contributed by atoms with Crippen LogP contribution in [0.1, 0.15) is 12.2 Å². The number of rotatable bonds is 4. The van der Waals surface area contributed by atoms with Crippen LogP contribution in [0.15, 0.2) is 12.4 Å². The molecule has 1 aliphatic heterocycles. The Kier molecular flexibility index (Phi) is 4.00. The zero-order chi connectivity index (χ0) is 13.8. The largest absolute Gasteiger partial charge is 0.480 e. The fourth-order valence-corrected chi connectivity index (χ4v) is 1.97. The smallest absolute Gasteiger partial charge is 0.326 e. The third-order valence-corrected chi connectivity index (χ3v) is 3.05. The Hall–Kier alpha value is -2.09. The number of aliphatic hydroxyl groups excluding tert-OH is 1. The second-order valence-electron chi connectivity index (χ2n) is 4.31. The van der Waals surface area contributed by atoms with Crippen molar-refractivity contribution in [1.82, 2.24) is 19.8 Å². The number of carboxylic acids is 1. The highest BCUT2D eigenvalue weighted by Gasteiger charge is 2.25. The first-order valence-corrected chi connectivity index (χ1v) is 6.01. The zero-order valence-corrected chi connectivity index (χ0v) is 10.3. The maximum Gasteiger partial charge on any atom is 0.326 e. The summed E-state index contributed by atoms with van der Waals surface area (Å²) in [6.07, 6.45) is 3.50. The summed E-state index contributed by atoms with van der Waals surface area (Å²) in [6.45, 7) is 1.20. The zero-order valence-electron chi connectivity index (χ0n) is 10.3. The number of aliphatic carboxylic acids is 1. The fourth-order valence-electron chi connectivity index (χ4n) is 1.97. The first-order chi connectivity index (χ1) is 9.11. The van der Waals surface area contributed by atoms with Crippen LogP contribution in [0, 0.1) is 0 Å². The summed E-state index contributed by atoms with van der Waals surface area (Å²) in [5.41, 5.74) is 0. The van der Waals surface area contributed by atoms with Crippen molar-refractivity contribution >= 4 is 12.0 Å². The van der Waals surface area contributed by atoms with Crippen LogP contribution < -0.4 is 5.32 Å².